The van der Waals surface area contributed by atoms with Crippen molar-refractivity contribution in [2.24, 2.45) is 7.05 Å². The summed E-state index contributed by atoms with van der Waals surface area (Å²) in [6.07, 6.45) is 0.129. The lowest BCUT2D eigenvalue weighted by molar-refractivity contribution is -0.138. The highest BCUT2D eigenvalue weighted by Gasteiger charge is 2.50. The van der Waals surface area contributed by atoms with Gasteiger partial charge in [0.05, 0.1) is 29.7 Å². The minimum Gasteiger partial charge on any atom is -0.387 e. The molecular weight excluding hydrogens is 535 g/mol. The summed E-state index contributed by atoms with van der Waals surface area (Å²) in [5.74, 6) is 0.244. The first-order valence-electron chi connectivity index (χ1n) is 13.9. The van der Waals surface area contributed by atoms with Gasteiger partial charge in [0.15, 0.2) is 0 Å². The molecule has 1 aliphatic heterocycles. The fourth-order valence-corrected chi connectivity index (χ4v) is 6.55. The van der Waals surface area contributed by atoms with E-state index in [1.807, 2.05) is 36.7 Å². The highest BCUT2D eigenvalue weighted by molar-refractivity contribution is 6.10. The molecule has 0 saturated heterocycles. The van der Waals surface area contributed by atoms with Crippen LogP contribution in [0.25, 0.3) is 0 Å². The van der Waals surface area contributed by atoms with Crippen molar-refractivity contribution in [2.75, 3.05) is 18.6 Å². The number of amides is 1. The van der Waals surface area contributed by atoms with Crippen molar-refractivity contribution in [3.8, 4) is 0 Å². The molecule has 2 saturated carbocycles. The zero-order chi connectivity index (χ0) is 29.2. The Kier molecular flexibility index (Phi) is 6.74. The average Bonchev–Trinajstić information content (AvgIpc) is 3.48. The Morgan fingerprint density at radius 2 is 1.98 bits per heavy atom. The molecule has 2 aliphatic carbocycles. The SMILES string of the molecule is COC1CC(c2cccc(N3Cc4c(cc([C@H](O)CNC5(C)CCC5)cc4C(F)(F)F)C3=O)c2)(c2nncn2C)C1. The van der Waals surface area contributed by atoms with E-state index in [0.29, 0.717) is 18.5 Å². The maximum atomic E-state index is 14.3. The molecule has 1 amide bonds. The first-order valence-corrected chi connectivity index (χ1v) is 13.9. The molecule has 218 valence electrons. The Hall–Kier alpha value is -3.28. The number of aliphatic hydroxyl groups is 1. The van der Waals surface area contributed by atoms with Crippen LogP contribution in [0.1, 0.15) is 83.6 Å². The average molecular weight is 570 g/mol. The molecule has 2 fully saturated rings. The van der Waals surface area contributed by atoms with Gasteiger partial charge in [0.25, 0.3) is 5.91 Å². The van der Waals surface area contributed by atoms with Crippen molar-refractivity contribution < 1.29 is 27.8 Å². The molecule has 11 heteroatoms. The number of nitrogens with zero attached hydrogens (tertiary/aromatic N) is 4. The van der Waals surface area contributed by atoms with Gasteiger partial charge in [0.1, 0.15) is 12.2 Å². The van der Waals surface area contributed by atoms with E-state index in [1.165, 1.54) is 11.0 Å². The summed E-state index contributed by atoms with van der Waals surface area (Å²) in [5, 5.41) is 22.5. The highest BCUT2D eigenvalue weighted by Crippen LogP contribution is 2.50. The van der Waals surface area contributed by atoms with Gasteiger partial charge in [-0.1, -0.05) is 12.1 Å². The summed E-state index contributed by atoms with van der Waals surface area (Å²) in [4.78, 5) is 15.0. The number of alkyl halides is 3. The first-order chi connectivity index (χ1) is 19.4. The Morgan fingerprint density at radius 3 is 2.59 bits per heavy atom. The van der Waals surface area contributed by atoms with Gasteiger partial charge in [-0.05, 0) is 80.0 Å². The molecule has 0 bridgehead atoms. The number of hydrogen-bond donors (Lipinski definition) is 2. The van der Waals surface area contributed by atoms with Crippen molar-refractivity contribution >= 4 is 11.6 Å². The van der Waals surface area contributed by atoms with E-state index in [9.17, 15) is 23.1 Å². The largest absolute Gasteiger partial charge is 0.416 e. The topological polar surface area (TPSA) is 92.5 Å². The Labute approximate surface area is 236 Å². The summed E-state index contributed by atoms with van der Waals surface area (Å²) < 4.78 is 50.2. The Morgan fingerprint density at radius 1 is 1.22 bits per heavy atom. The number of rotatable bonds is 8. The van der Waals surface area contributed by atoms with Crippen LogP contribution < -0.4 is 10.2 Å². The number of carbonyl (C=O) groups excluding carboxylic acids is 1. The number of aryl methyl sites for hydroxylation is 1. The molecule has 1 atom stereocenters. The molecule has 0 unspecified atom stereocenters. The normalized spacial score (nSPS) is 24.1. The van der Waals surface area contributed by atoms with Crippen molar-refractivity contribution in [1.82, 2.24) is 20.1 Å². The molecule has 0 spiro atoms. The van der Waals surface area contributed by atoms with Gasteiger partial charge in [0.2, 0.25) is 0 Å². The second-order valence-corrected chi connectivity index (χ2v) is 12.0. The van der Waals surface area contributed by atoms with Gasteiger partial charge in [0, 0.05) is 37.5 Å². The summed E-state index contributed by atoms with van der Waals surface area (Å²) in [6.45, 7) is 1.94. The van der Waals surface area contributed by atoms with Crippen LogP contribution >= 0.6 is 0 Å². The third-order valence-corrected chi connectivity index (χ3v) is 9.27. The predicted molar refractivity (Wildman–Crippen MR) is 145 cm³/mol. The van der Waals surface area contributed by atoms with Gasteiger partial charge in [-0.2, -0.15) is 13.2 Å². The van der Waals surface area contributed by atoms with Crippen molar-refractivity contribution in [3.63, 3.8) is 0 Å². The fourth-order valence-electron chi connectivity index (χ4n) is 6.55. The standard InChI is InChI=1S/C30H34F3N5O3/c1-28(8-5-9-28)34-15-25(39)18-10-22-23(24(11-18)30(31,32)33)16-38(26(22)40)20-7-4-6-19(12-20)29(13-21(14-29)41-3)27-36-35-17-37(27)2/h4,6-7,10-12,17,21,25,34,39H,5,8-9,13-16H2,1-3H3/t21?,25-,29?/m1/s1. The van der Waals surface area contributed by atoms with Crippen LogP contribution in [-0.4, -0.2) is 51.1 Å². The van der Waals surface area contributed by atoms with Gasteiger partial charge in [-0.15, -0.1) is 10.2 Å². The smallest absolute Gasteiger partial charge is 0.387 e. The fraction of sp³-hybridized carbons (Fsp3) is 0.500. The van der Waals surface area contributed by atoms with E-state index in [4.69, 9.17) is 4.74 Å². The number of carbonyl (C=O) groups is 1. The number of aliphatic hydroxyl groups excluding tert-OH is 1. The lowest BCUT2D eigenvalue weighted by atomic mass is 9.62. The van der Waals surface area contributed by atoms with E-state index >= 15 is 0 Å². The zero-order valence-corrected chi connectivity index (χ0v) is 23.3. The number of ether oxygens (including phenoxy) is 1. The van der Waals surface area contributed by atoms with E-state index in [2.05, 4.69) is 15.5 Å². The van der Waals surface area contributed by atoms with E-state index < -0.39 is 29.2 Å². The third kappa shape index (κ3) is 4.73. The van der Waals surface area contributed by atoms with Crippen LogP contribution in [0.2, 0.25) is 0 Å². The molecule has 2 heterocycles. The van der Waals surface area contributed by atoms with Gasteiger partial charge in [-0.25, -0.2) is 0 Å². The minimum atomic E-state index is -4.68. The van der Waals surface area contributed by atoms with Crippen LogP contribution in [0, 0.1) is 0 Å². The van der Waals surface area contributed by atoms with E-state index in [0.717, 1.165) is 36.7 Å². The van der Waals surface area contributed by atoms with Crippen LogP contribution in [-0.2, 0) is 29.9 Å². The molecule has 1 aromatic heterocycles. The van der Waals surface area contributed by atoms with Gasteiger partial charge in [-0.3, -0.25) is 4.79 Å². The molecule has 2 aromatic carbocycles. The molecular formula is C30H34F3N5O3. The van der Waals surface area contributed by atoms with Crippen LogP contribution in [0.4, 0.5) is 18.9 Å². The number of methoxy groups -OCH3 is 1. The number of fused-ring (bicyclic) bond motifs is 1. The number of anilines is 1. The minimum absolute atomic E-state index is 0.0276. The molecule has 3 aliphatic rings. The lowest BCUT2D eigenvalue weighted by Gasteiger charge is -2.46. The molecule has 2 N–H and O–H groups in total. The van der Waals surface area contributed by atoms with Crippen LogP contribution in [0.5, 0.6) is 0 Å². The number of hydrogen-bond acceptors (Lipinski definition) is 6. The maximum absolute atomic E-state index is 14.3. The maximum Gasteiger partial charge on any atom is 0.416 e. The van der Waals surface area contributed by atoms with E-state index in [-0.39, 0.29) is 41.4 Å². The Balaban J connectivity index is 1.33. The predicted octanol–water partition coefficient (Wildman–Crippen LogP) is 4.65. The van der Waals surface area contributed by atoms with Crippen LogP contribution in [0.15, 0.2) is 42.7 Å². The van der Waals surface area contributed by atoms with Crippen molar-refractivity contribution in [1.29, 1.82) is 0 Å². The number of aromatic nitrogens is 3. The quantitative estimate of drug-likeness (QED) is 0.410. The molecule has 6 rings (SSSR count). The van der Waals surface area contributed by atoms with Crippen molar-refractivity contribution in [2.45, 2.75) is 74.9 Å². The molecule has 8 nitrogen and oxygen atoms in total. The summed E-state index contributed by atoms with van der Waals surface area (Å²) >= 11 is 0. The number of β-amino-alcohol motifs (C(OH)–C–C–N with tert-alkyl or cyclic N) is 1. The van der Waals surface area contributed by atoms with Crippen LogP contribution in [0.3, 0.4) is 0 Å². The first kappa shape index (κ1) is 27.9. The van der Waals surface area contributed by atoms with E-state index in [1.54, 1.807) is 19.5 Å². The number of benzene rings is 2. The molecule has 3 aromatic rings. The lowest BCUT2D eigenvalue weighted by Crippen LogP contribution is -2.49. The number of halogens is 3. The number of nitrogens with one attached hydrogen (secondary N) is 1. The van der Waals surface area contributed by atoms with Crippen molar-refractivity contribution in [3.05, 3.63) is 76.4 Å². The summed E-state index contributed by atoms with van der Waals surface area (Å²) in [7, 11) is 3.53. The highest BCUT2D eigenvalue weighted by atomic mass is 19.4. The second kappa shape index (κ2) is 9.92. The monoisotopic (exact) mass is 569 g/mol. The molecule has 0 radical (unpaired) electrons. The summed E-state index contributed by atoms with van der Waals surface area (Å²) in [6, 6.07) is 9.76. The third-order valence-electron chi connectivity index (χ3n) is 9.27. The zero-order valence-electron chi connectivity index (χ0n) is 23.3. The molecule has 41 heavy (non-hydrogen) atoms. The van der Waals surface area contributed by atoms with Gasteiger partial charge >= 0.3 is 6.18 Å². The second-order valence-electron chi connectivity index (χ2n) is 12.0. The van der Waals surface area contributed by atoms with Gasteiger partial charge < -0.3 is 24.6 Å². The summed E-state index contributed by atoms with van der Waals surface area (Å²) in [5.41, 5.74) is -0.120. The Bertz CT molecular complexity index is 1480.